The first-order valence-corrected chi connectivity index (χ1v) is 5.27. The molecule has 0 aliphatic rings. The molecule has 0 aliphatic heterocycles. The summed E-state index contributed by atoms with van der Waals surface area (Å²) in [7, 11) is 0. The van der Waals surface area contributed by atoms with E-state index in [2.05, 4.69) is 4.74 Å². The number of rotatable bonds is 5. The first-order valence-electron chi connectivity index (χ1n) is 5.27. The highest BCUT2D eigenvalue weighted by Gasteiger charge is 2.32. The van der Waals surface area contributed by atoms with E-state index in [4.69, 9.17) is 5.11 Å². The molecule has 0 aliphatic carbocycles. The molecular weight excluding hydrogens is 272 g/mol. The fourth-order valence-corrected chi connectivity index (χ4v) is 1.42. The molecule has 1 aromatic rings. The molecule has 0 amide bonds. The molecule has 2 atom stereocenters. The zero-order valence-corrected chi connectivity index (χ0v) is 9.56. The molecule has 0 aromatic heterocycles. The largest absolute Gasteiger partial charge is 0.573 e. The van der Waals surface area contributed by atoms with Gasteiger partial charge < -0.3 is 20.1 Å². The number of hydrogen-bond donors (Lipinski definition) is 3. The van der Waals surface area contributed by atoms with Crippen LogP contribution in [0.15, 0.2) is 18.2 Å². The first kappa shape index (κ1) is 15.7. The number of halogens is 4. The molecule has 1 rings (SSSR count). The standard InChI is InChI=1S/C11H12F4O4/c12-7-5-6(10(18)8(17)3-4-16)1-2-9(7)19-11(13,14)15/h1-2,5,8,10,16-18H,3-4H2. The molecule has 0 spiro atoms. The number of ether oxygens (including phenoxy) is 1. The molecular formula is C11H12F4O4. The van der Waals surface area contributed by atoms with Crippen LogP contribution in [-0.4, -0.2) is 34.4 Å². The van der Waals surface area contributed by atoms with Gasteiger partial charge in [0.15, 0.2) is 11.6 Å². The van der Waals surface area contributed by atoms with Gasteiger partial charge in [-0.2, -0.15) is 0 Å². The predicted octanol–water partition coefficient (Wildman–Crippen LogP) is 1.50. The fraction of sp³-hybridized carbons (Fsp3) is 0.455. The van der Waals surface area contributed by atoms with Crippen LogP contribution in [0.25, 0.3) is 0 Å². The van der Waals surface area contributed by atoms with Crippen molar-refractivity contribution in [1.29, 1.82) is 0 Å². The van der Waals surface area contributed by atoms with Gasteiger partial charge in [-0.15, -0.1) is 13.2 Å². The van der Waals surface area contributed by atoms with E-state index in [1.54, 1.807) is 0 Å². The maximum absolute atomic E-state index is 13.3. The summed E-state index contributed by atoms with van der Waals surface area (Å²) >= 11 is 0. The Morgan fingerprint density at radius 3 is 2.32 bits per heavy atom. The quantitative estimate of drug-likeness (QED) is 0.717. The Morgan fingerprint density at radius 2 is 1.84 bits per heavy atom. The number of hydrogen-bond acceptors (Lipinski definition) is 4. The SMILES string of the molecule is OCCC(O)C(O)c1ccc(OC(F)(F)F)c(F)c1. The summed E-state index contributed by atoms with van der Waals surface area (Å²) in [5.41, 5.74) is -0.118. The van der Waals surface area contributed by atoms with Crippen molar-refractivity contribution < 1.29 is 37.6 Å². The Kier molecular flexibility index (Phi) is 5.10. The Balaban J connectivity index is 2.87. The van der Waals surface area contributed by atoms with Crippen LogP contribution in [0.3, 0.4) is 0 Å². The lowest BCUT2D eigenvalue weighted by Gasteiger charge is -2.18. The highest BCUT2D eigenvalue weighted by atomic mass is 19.4. The number of aliphatic hydroxyl groups excluding tert-OH is 3. The minimum absolute atomic E-state index is 0.118. The molecule has 108 valence electrons. The van der Waals surface area contributed by atoms with Crippen LogP contribution in [0.5, 0.6) is 5.75 Å². The summed E-state index contributed by atoms with van der Waals surface area (Å²) in [4.78, 5) is 0. The monoisotopic (exact) mass is 284 g/mol. The van der Waals surface area contributed by atoms with Crippen molar-refractivity contribution in [1.82, 2.24) is 0 Å². The number of benzene rings is 1. The molecule has 0 bridgehead atoms. The topological polar surface area (TPSA) is 69.9 Å². The van der Waals surface area contributed by atoms with Crippen LogP contribution in [0, 0.1) is 5.82 Å². The maximum atomic E-state index is 13.3. The molecule has 0 saturated heterocycles. The van der Waals surface area contributed by atoms with E-state index in [-0.39, 0.29) is 12.0 Å². The van der Waals surface area contributed by atoms with Crippen LogP contribution < -0.4 is 4.74 Å². The summed E-state index contributed by atoms with van der Waals surface area (Å²) in [6.07, 6.45) is -8.03. The Morgan fingerprint density at radius 1 is 1.21 bits per heavy atom. The molecule has 4 nitrogen and oxygen atoms in total. The molecule has 0 radical (unpaired) electrons. The van der Waals surface area contributed by atoms with Crippen molar-refractivity contribution in [2.75, 3.05) is 6.61 Å². The number of aliphatic hydroxyl groups is 3. The van der Waals surface area contributed by atoms with Gasteiger partial charge in [0, 0.05) is 6.61 Å². The Labute approximate surface area is 105 Å². The average molecular weight is 284 g/mol. The normalized spacial score (nSPS) is 15.1. The van der Waals surface area contributed by atoms with E-state index >= 15 is 0 Å². The summed E-state index contributed by atoms with van der Waals surface area (Å²) in [5.74, 6) is -2.34. The van der Waals surface area contributed by atoms with Gasteiger partial charge in [0.05, 0.1) is 6.10 Å². The van der Waals surface area contributed by atoms with Crippen molar-refractivity contribution >= 4 is 0 Å². The third-order valence-electron chi connectivity index (χ3n) is 2.31. The zero-order valence-electron chi connectivity index (χ0n) is 9.56. The minimum atomic E-state index is -5.02. The fourth-order valence-electron chi connectivity index (χ4n) is 1.42. The van der Waals surface area contributed by atoms with Crippen molar-refractivity contribution in [3.8, 4) is 5.75 Å². The summed E-state index contributed by atoms with van der Waals surface area (Å²) < 4.78 is 52.4. The molecule has 8 heteroatoms. The number of alkyl halides is 3. The second-order valence-corrected chi connectivity index (χ2v) is 3.76. The van der Waals surface area contributed by atoms with E-state index in [0.717, 1.165) is 6.07 Å². The van der Waals surface area contributed by atoms with Gasteiger partial charge >= 0.3 is 6.36 Å². The highest BCUT2D eigenvalue weighted by molar-refractivity contribution is 5.31. The van der Waals surface area contributed by atoms with Gasteiger partial charge in [-0.25, -0.2) is 4.39 Å². The van der Waals surface area contributed by atoms with E-state index in [9.17, 15) is 27.8 Å². The maximum Gasteiger partial charge on any atom is 0.573 e. The third kappa shape index (κ3) is 4.66. The van der Waals surface area contributed by atoms with Crippen LogP contribution in [0.2, 0.25) is 0 Å². The van der Waals surface area contributed by atoms with E-state index in [1.807, 2.05) is 0 Å². The highest BCUT2D eigenvalue weighted by Crippen LogP contribution is 2.28. The summed E-state index contributed by atoms with van der Waals surface area (Å²) in [6.45, 7) is -0.393. The Hall–Kier alpha value is -1.38. The molecule has 0 saturated carbocycles. The van der Waals surface area contributed by atoms with Gasteiger partial charge in [-0.1, -0.05) is 6.07 Å². The smallest absolute Gasteiger partial charge is 0.403 e. The van der Waals surface area contributed by atoms with Crippen LogP contribution in [0.1, 0.15) is 18.1 Å². The second kappa shape index (κ2) is 6.18. The lowest BCUT2D eigenvalue weighted by atomic mass is 10.0. The average Bonchev–Trinajstić information content (AvgIpc) is 2.29. The summed E-state index contributed by atoms with van der Waals surface area (Å²) in [6, 6.07) is 2.33. The third-order valence-corrected chi connectivity index (χ3v) is 2.31. The van der Waals surface area contributed by atoms with Gasteiger partial charge in [0.25, 0.3) is 0 Å². The van der Waals surface area contributed by atoms with Gasteiger partial charge in [-0.3, -0.25) is 0 Å². The van der Waals surface area contributed by atoms with Gasteiger partial charge in [0.1, 0.15) is 6.10 Å². The zero-order chi connectivity index (χ0) is 14.6. The summed E-state index contributed by atoms with van der Waals surface area (Å²) in [5, 5.41) is 27.5. The first-order chi connectivity index (χ1) is 8.74. The van der Waals surface area contributed by atoms with Crippen LogP contribution in [-0.2, 0) is 0 Å². The van der Waals surface area contributed by atoms with E-state index in [0.29, 0.717) is 12.1 Å². The van der Waals surface area contributed by atoms with Crippen molar-refractivity contribution in [2.24, 2.45) is 0 Å². The second-order valence-electron chi connectivity index (χ2n) is 3.76. The van der Waals surface area contributed by atoms with E-state index < -0.39 is 36.7 Å². The van der Waals surface area contributed by atoms with Crippen LogP contribution in [0.4, 0.5) is 17.6 Å². The van der Waals surface area contributed by atoms with Crippen molar-refractivity contribution in [2.45, 2.75) is 25.0 Å². The predicted molar refractivity (Wildman–Crippen MR) is 55.8 cm³/mol. The van der Waals surface area contributed by atoms with Crippen molar-refractivity contribution in [3.05, 3.63) is 29.6 Å². The lowest BCUT2D eigenvalue weighted by molar-refractivity contribution is -0.275. The molecule has 2 unspecified atom stereocenters. The van der Waals surface area contributed by atoms with Crippen LogP contribution >= 0.6 is 0 Å². The molecule has 0 heterocycles. The van der Waals surface area contributed by atoms with Gasteiger partial charge in [0.2, 0.25) is 0 Å². The Bertz CT molecular complexity index is 422. The molecule has 0 fully saturated rings. The molecule has 19 heavy (non-hydrogen) atoms. The van der Waals surface area contributed by atoms with Gasteiger partial charge in [-0.05, 0) is 24.1 Å². The molecule has 3 N–H and O–H groups in total. The minimum Gasteiger partial charge on any atom is -0.403 e. The molecule has 1 aromatic carbocycles. The van der Waals surface area contributed by atoms with E-state index in [1.165, 1.54) is 0 Å². The van der Waals surface area contributed by atoms with Crippen molar-refractivity contribution in [3.63, 3.8) is 0 Å². The lowest BCUT2D eigenvalue weighted by Crippen LogP contribution is -2.20.